The normalized spacial score (nSPS) is 10.7. The molecule has 2 heterocycles. The molecule has 0 radical (unpaired) electrons. The molecule has 124 valence electrons. The van der Waals surface area contributed by atoms with Crippen LogP contribution in [0, 0.1) is 0 Å². The predicted molar refractivity (Wildman–Crippen MR) is 93.3 cm³/mol. The molecule has 0 N–H and O–H groups in total. The third kappa shape index (κ3) is 4.26. The smallest absolute Gasteiger partial charge is 0.222 e. The van der Waals surface area contributed by atoms with Crippen molar-refractivity contribution in [3.63, 3.8) is 0 Å². The zero-order valence-corrected chi connectivity index (χ0v) is 14.3. The van der Waals surface area contributed by atoms with Crippen molar-refractivity contribution in [2.75, 3.05) is 7.05 Å². The van der Waals surface area contributed by atoms with Gasteiger partial charge in [0.15, 0.2) is 0 Å². The van der Waals surface area contributed by atoms with Crippen molar-refractivity contribution < 1.29 is 4.79 Å². The Kier molecular flexibility index (Phi) is 5.32. The van der Waals surface area contributed by atoms with Crippen LogP contribution in [-0.2, 0) is 17.9 Å². The first-order valence-corrected chi connectivity index (χ1v) is 8.66. The van der Waals surface area contributed by atoms with Crippen molar-refractivity contribution in [2.24, 2.45) is 0 Å². The Labute approximate surface area is 144 Å². The number of rotatable bonds is 7. The maximum absolute atomic E-state index is 12.2. The van der Waals surface area contributed by atoms with Crippen LogP contribution in [0.3, 0.4) is 0 Å². The fourth-order valence-corrected chi connectivity index (χ4v) is 3.17. The van der Waals surface area contributed by atoms with Crippen LogP contribution < -0.4 is 0 Å². The molecule has 1 amide bonds. The lowest BCUT2D eigenvalue weighted by Gasteiger charge is -2.15. The van der Waals surface area contributed by atoms with E-state index < -0.39 is 0 Å². The zero-order chi connectivity index (χ0) is 16.8. The Morgan fingerprint density at radius 3 is 2.88 bits per heavy atom. The van der Waals surface area contributed by atoms with Gasteiger partial charge in [0, 0.05) is 31.0 Å². The van der Waals surface area contributed by atoms with Crippen molar-refractivity contribution in [1.29, 1.82) is 0 Å². The molecule has 0 unspecified atom stereocenters. The fraction of sp³-hybridized carbons (Fsp3) is 0.294. The zero-order valence-electron chi connectivity index (χ0n) is 13.5. The van der Waals surface area contributed by atoms with Crippen molar-refractivity contribution in [2.45, 2.75) is 25.9 Å². The number of amides is 1. The van der Waals surface area contributed by atoms with Gasteiger partial charge in [-0.1, -0.05) is 30.3 Å². The minimum atomic E-state index is 0.115. The quantitative estimate of drug-likeness (QED) is 0.663. The molecule has 6 nitrogen and oxygen atoms in total. The van der Waals surface area contributed by atoms with E-state index in [0.717, 1.165) is 22.7 Å². The van der Waals surface area contributed by atoms with E-state index in [2.05, 4.69) is 15.1 Å². The average Bonchev–Trinajstić information content (AvgIpc) is 3.27. The minimum Gasteiger partial charge on any atom is -0.340 e. The van der Waals surface area contributed by atoms with Crippen molar-refractivity contribution in [3.8, 4) is 10.6 Å². The number of benzene rings is 1. The highest BCUT2D eigenvalue weighted by Gasteiger charge is 2.12. The van der Waals surface area contributed by atoms with Crippen LogP contribution in [0.5, 0.6) is 0 Å². The van der Waals surface area contributed by atoms with Gasteiger partial charge in [0.1, 0.15) is 17.7 Å². The molecule has 0 aliphatic heterocycles. The molecular weight excluding hydrogens is 322 g/mol. The first-order chi connectivity index (χ1) is 11.7. The summed E-state index contributed by atoms with van der Waals surface area (Å²) in [6.07, 6.45) is 4.40. The Bertz CT molecular complexity index is 769. The number of hydrogen-bond acceptors (Lipinski definition) is 5. The van der Waals surface area contributed by atoms with Gasteiger partial charge in [0.05, 0.1) is 12.2 Å². The van der Waals surface area contributed by atoms with E-state index in [-0.39, 0.29) is 5.91 Å². The number of carbonyl (C=O) groups is 1. The van der Waals surface area contributed by atoms with Gasteiger partial charge in [-0.25, -0.2) is 9.97 Å². The Morgan fingerprint density at radius 2 is 2.12 bits per heavy atom. The summed E-state index contributed by atoms with van der Waals surface area (Å²) in [6, 6.07) is 10.1. The third-order valence-corrected chi connectivity index (χ3v) is 4.58. The first-order valence-electron chi connectivity index (χ1n) is 7.78. The average molecular weight is 341 g/mol. The summed E-state index contributed by atoms with van der Waals surface area (Å²) >= 11 is 1.60. The predicted octanol–water partition coefficient (Wildman–Crippen LogP) is 2.84. The summed E-state index contributed by atoms with van der Waals surface area (Å²) < 4.78 is 1.74. The number of aromatic nitrogens is 4. The summed E-state index contributed by atoms with van der Waals surface area (Å²) in [6.45, 7) is 1.24. The molecule has 0 fully saturated rings. The highest BCUT2D eigenvalue weighted by Crippen LogP contribution is 2.23. The summed E-state index contributed by atoms with van der Waals surface area (Å²) in [5.41, 5.74) is 2.03. The maximum Gasteiger partial charge on any atom is 0.222 e. The molecule has 1 aromatic carbocycles. The molecule has 0 atom stereocenters. The van der Waals surface area contributed by atoms with Crippen LogP contribution in [0.4, 0.5) is 0 Å². The molecule has 3 aromatic rings. The lowest BCUT2D eigenvalue weighted by molar-refractivity contribution is -0.130. The van der Waals surface area contributed by atoms with Crippen molar-refractivity contribution in [1.82, 2.24) is 24.6 Å². The molecule has 0 saturated heterocycles. The molecule has 0 bridgehead atoms. The summed E-state index contributed by atoms with van der Waals surface area (Å²) in [4.78, 5) is 22.4. The molecule has 0 aliphatic carbocycles. The van der Waals surface area contributed by atoms with Gasteiger partial charge in [-0.3, -0.25) is 9.48 Å². The topological polar surface area (TPSA) is 63.9 Å². The first kappa shape index (κ1) is 16.3. The van der Waals surface area contributed by atoms with Crippen molar-refractivity contribution >= 4 is 17.2 Å². The van der Waals surface area contributed by atoms with Gasteiger partial charge in [0.2, 0.25) is 5.91 Å². The number of hydrogen-bond donors (Lipinski definition) is 0. The summed E-state index contributed by atoms with van der Waals surface area (Å²) in [7, 11) is 1.82. The lowest BCUT2D eigenvalue weighted by atomic mass is 10.2. The number of aryl methyl sites for hydroxylation is 1. The highest BCUT2D eigenvalue weighted by molar-refractivity contribution is 7.13. The largest absolute Gasteiger partial charge is 0.340 e. The number of nitrogens with zero attached hydrogens (tertiary/aromatic N) is 5. The minimum absolute atomic E-state index is 0.115. The molecule has 7 heteroatoms. The monoisotopic (exact) mass is 341 g/mol. The standard InChI is InChI=1S/C17H19N5OS/c1-21(16(23)8-5-9-22-13-18-12-19-22)10-15-11-24-17(20-15)14-6-3-2-4-7-14/h2-4,6-7,11-13H,5,8-10H2,1H3. The Hall–Kier alpha value is -2.54. The van der Waals surface area contributed by atoms with Crippen LogP contribution in [0.25, 0.3) is 10.6 Å². The molecule has 3 rings (SSSR count). The second-order valence-corrected chi connectivity index (χ2v) is 6.38. The summed E-state index contributed by atoms with van der Waals surface area (Å²) in [5.74, 6) is 0.115. The molecule has 24 heavy (non-hydrogen) atoms. The van der Waals surface area contributed by atoms with Crippen LogP contribution in [-0.4, -0.2) is 37.6 Å². The summed E-state index contributed by atoms with van der Waals surface area (Å²) in [5, 5.41) is 7.03. The molecule has 2 aromatic heterocycles. The SMILES string of the molecule is CN(Cc1csc(-c2ccccc2)n1)C(=O)CCCn1cncn1. The van der Waals surface area contributed by atoms with Crippen LogP contribution >= 0.6 is 11.3 Å². The van der Waals surface area contributed by atoms with E-state index in [1.54, 1.807) is 27.2 Å². The van der Waals surface area contributed by atoms with E-state index in [9.17, 15) is 4.79 Å². The van der Waals surface area contributed by atoms with Gasteiger partial charge in [-0.15, -0.1) is 11.3 Å². The molecule has 0 spiro atoms. The van der Waals surface area contributed by atoms with Gasteiger partial charge < -0.3 is 4.90 Å². The van der Waals surface area contributed by atoms with E-state index in [4.69, 9.17) is 0 Å². The van der Waals surface area contributed by atoms with Crippen LogP contribution in [0.15, 0.2) is 48.4 Å². The number of carbonyl (C=O) groups excluding carboxylic acids is 1. The Balaban J connectivity index is 1.50. The highest BCUT2D eigenvalue weighted by atomic mass is 32.1. The van der Waals surface area contributed by atoms with E-state index >= 15 is 0 Å². The molecular formula is C17H19N5OS. The van der Waals surface area contributed by atoms with E-state index in [0.29, 0.717) is 19.5 Å². The third-order valence-electron chi connectivity index (χ3n) is 3.64. The molecule has 0 saturated carbocycles. The Morgan fingerprint density at radius 1 is 1.29 bits per heavy atom. The van der Waals surface area contributed by atoms with Crippen LogP contribution in [0.2, 0.25) is 0 Å². The lowest BCUT2D eigenvalue weighted by Crippen LogP contribution is -2.26. The van der Waals surface area contributed by atoms with E-state index in [1.165, 1.54) is 6.33 Å². The van der Waals surface area contributed by atoms with E-state index in [1.807, 2.05) is 42.8 Å². The maximum atomic E-state index is 12.2. The van der Waals surface area contributed by atoms with Gasteiger partial charge >= 0.3 is 0 Å². The molecule has 0 aliphatic rings. The second kappa shape index (κ2) is 7.83. The fourth-order valence-electron chi connectivity index (χ4n) is 2.36. The van der Waals surface area contributed by atoms with Gasteiger partial charge in [0.25, 0.3) is 0 Å². The number of thiazole rings is 1. The second-order valence-electron chi connectivity index (χ2n) is 5.52. The van der Waals surface area contributed by atoms with Gasteiger partial charge in [-0.05, 0) is 6.42 Å². The van der Waals surface area contributed by atoms with Crippen molar-refractivity contribution in [3.05, 3.63) is 54.1 Å². The van der Waals surface area contributed by atoms with Gasteiger partial charge in [-0.2, -0.15) is 5.10 Å². The van der Waals surface area contributed by atoms with Crippen LogP contribution in [0.1, 0.15) is 18.5 Å².